The van der Waals surface area contributed by atoms with E-state index >= 15 is 0 Å². The number of hydrogen-bond acceptors (Lipinski definition) is 3. The number of sulfonamides is 1. The quantitative estimate of drug-likeness (QED) is 0.576. The van der Waals surface area contributed by atoms with Crippen LogP contribution in [-0.4, -0.2) is 20.5 Å². The molecular weight excluding hydrogens is 271 g/mol. The van der Waals surface area contributed by atoms with Crippen LogP contribution in [0.2, 0.25) is 0 Å². The van der Waals surface area contributed by atoms with Gasteiger partial charge in [0.05, 0.1) is 17.5 Å². The molecule has 9 heteroatoms. The maximum Gasteiger partial charge on any atom is 0.416 e. The van der Waals surface area contributed by atoms with E-state index in [1.54, 1.807) is 0 Å². The Morgan fingerprint density at radius 1 is 1.39 bits per heavy atom. The van der Waals surface area contributed by atoms with Crippen LogP contribution in [0, 0.1) is 5.41 Å². The zero-order valence-electron chi connectivity index (χ0n) is 9.17. The van der Waals surface area contributed by atoms with Crippen LogP contribution in [0.25, 0.3) is 0 Å². The Morgan fingerprint density at radius 3 is 2.33 bits per heavy atom. The van der Waals surface area contributed by atoms with Gasteiger partial charge in [-0.05, 0) is 18.2 Å². The fourth-order valence-corrected chi connectivity index (χ4v) is 1.81. The molecule has 0 spiro atoms. The van der Waals surface area contributed by atoms with Crippen molar-refractivity contribution in [1.29, 1.82) is 5.41 Å². The summed E-state index contributed by atoms with van der Waals surface area (Å²) in [5, 5.41) is 7.16. The van der Waals surface area contributed by atoms with Gasteiger partial charge in [-0.3, -0.25) is 10.1 Å². The third kappa shape index (κ3) is 3.62. The number of nitrogens with two attached hydrogens (primary N) is 1. The maximum absolute atomic E-state index is 12.5. The second kappa shape index (κ2) is 4.48. The van der Waals surface area contributed by atoms with Crippen molar-refractivity contribution < 1.29 is 21.6 Å². The molecule has 5 nitrogen and oxygen atoms in total. The van der Waals surface area contributed by atoms with E-state index in [1.807, 2.05) is 4.72 Å². The lowest BCUT2D eigenvalue weighted by molar-refractivity contribution is -0.137. The zero-order valence-corrected chi connectivity index (χ0v) is 9.98. The summed E-state index contributed by atoms with van der Waals surface area (Å²) in [5.41, 5.74) is 3.63. The first-order valence-electron chi connectivity index (χ1n) is 4.54. The molecule has 0 fully saturated rings. The Morgan fingerprint density at radius 2 is 1.94 bits per heavy atom. The molecule has 18 heavy (non-hydrogen) atoms. The average molecular weight is 281 g/mol. The van der Waals surface area contributed by atoms with Crippen LogP contribution in [0.15, 0.2) is 18.2 Å². The predicted molar refractivity (Wildman–Crippen MR) is 60.9 cm³/mol. The number of nitrogen functional groups attached to an aromatic ring is 1. The summed E-state index contributed by atoms with van der Waals surface area (Å²) in [6.45, 7) is 0. The van der Waals surface area contributed by atoms with Gasteiger partial charge in [0.1, 0.15) is 5.84 Å². The molecule has 0 unspecified atom stereocenters. The highest BCUT2D eigenvalue weighted by Gasteiger charge is 2.31. The molecule has 0 saturated carbocycles. The fraction of sp³-hybridized carbons (Fsp3) is 0.222. The largest absolute Gasteiger partial charge is 0.416 e. The average Bonchev–Trinajstić information content (AvgIpc) is 2.13. The van der Waals surface area contributed by atoms with Crippen molar-refractivity contribution in [3.8, 4) is 0 Å². The Balaban J connectivity index is 3.34. The van der Waals surface area contributed by atoms with Gasteiger partial charge in [-0.25, -0.2) is 8.42 Å². The van der Waals surface area contributed by atoms with Gasteiger partial charge in [-0.1, -0.05) is 0 Å². The molecule has 0 amide bonds. The lowest BCUT2D eigenvalue weighted by Crippen LogP contribution is -2.19. The number of halogens is 3. The number of rotatable bonds is 3. The second-order valence-electron chi connectivity index (χ2n) is 3.55. The summed E-state index contributed by atoms with van der Waals surface area (Å²) in [6.07, 6.45) is -3.75. The third-order valence-corrected chi connectivity index (χ3v) is 2.52. The summed E-state index contributed by atoms with van der Waals surface area (Å²) < 4.78 is 61.4. The molecule has 0 aliphatic rings. The van der Waals surface area contributed by atoms with Crippen molar-refractivity contribution in [2.75, 3.05) is 11.0 Å². The minimum Gasteiger partial charge on any atom is -0.384 e. The number of hydrogen-bond donors (Lipinski definition) is 3. The molecule has 4 N–H and O–H groups in total. The van der Waals surface area contributed by atoms with Gasteiger partial charge in [-0.15, -0.1) is 0 Å². The fourth-order valence-electron chi connectivity index (χ4n) is 1.23. The summed E-state index contributed by atoms with van der Waals surface area (Å²) in [4.78, 5) is 0. The Bertz CT molecular complexity index is 581. The number of amidine groups is 1. The highest BCUT2D eigenvalue weighted by atomic mass is 32.2. The van der Waals surface area contributed by atoms with Gasteiger partial charge < -0.3 is 5.73 Å². The Labute approximate surface area is 101 Å². The number of anilines is 1. The molecule has 1 rings (SSSR count). The molecule has 0 aromatic heterocycles. The van der Waals surface area contributed by atoms with Crippen LogP contribution in [0.3, 0.4) is 0 Å². The van der Waals surface area contributed by atoms with Crippen molar-refractivity contribution in [1.82, 2.24) is 0 Å². The molecule has 1 aromatic carbocycles. The second-order valence-corrected chi connectivity index (χ2v) is 5.29. The molecule has 0 aliphatic heterocycles. The first-order valence-corrected chi connectivity index (χ1v) is 6.43. The van der Waals surface area contributed by atoms with E-state index < -0.39 is 27.6 Å². The van der Waals surface area contributed by atoms with E-state index in [9.17, 15) is 21.6 Å². The van der Waals surface area contributed by atoms with Crippen LogP contribution < -0.4 is 10.5 Å². The molecule has 0 radical (unpaired) electrons. The number of benzene rings is 1. The van der Waals surface area contributed by atoms with E-state index in [2.05, 4.69) is 0 Å². The third-order valence-electron chi connectivity index (χ3n) is 1.93. The van der Waals surface area contributed by atoms with Crippen molar-refractivity contribution in [2.45, 2.75) is 6.18 Å². The monoisotopic (exact) mass is 281 g/mol. The zero-order chi connectivity index (χ0) is 14.1. The lowest BCUT2D eigenvalue weighted by atomic mass is 10.1. The molecule has 100 valence electrons. The van der Waals surface area contributed by atoms with Crippen LogP contribution >= 0.6 is 0 Å². The van der Waals surface area contributed by atoms with E-state index in [4.69, 9.17) is 11.1 Å². The minimum absolute atomic E-state index is 0.169. The minimum atomic E-state index is -4.59. The number of alkyl halides is 3. The van der Waals surface area contributed by atoms with E-state index in [-0.39, 0.29) is 11.3 Å². The molecule has 0 bridgehead atoms. The summed E-state index contributed by atoms with van der Waals surface area (Å²) >= 11 is 0. The molecule has 0 aliphatic carbocycles. The molecular formula is C9H10F3N3O2S. The Hall–Kier alpha value is -1.77. The van der Waals surface area contributed by atoms with E-state index in [1.165, 1.54) is 0 Å². The van der Waals surface area contributed by atoms with Crippen LogP contribution in [0.5, 0.6) is 0 Å². The summed E-state index contributed by atoms with van der Waals surface area (Å²) in [7, 11) is -3.66. The lowest BCUT2D eigenvalue weighted by Gasteiger charge is -2.13. The van der Waals surface area contributed by atoms with E-state index in [0.29, 0.717) is 12.1 Å². The SMILES string of the molecule is CS(=O)(=O)Nc1ccc(C(F)(F)F)cc1C(=N)N. The summed E-state index contributed by atoms with van der Waals surface area (Å²) in [6, 6.07) is 2.25. The molecule has 1 aromatic rings. The van der Waals surface area contributed by atoms with E-state index in [0.717, 1.165) is 12.3 Å². The van der Waals surface area contributed by atoms with Gasteiger partial charge in [-0.2, -0.15) is 13.2 Å². The van der Waals surface area contributed by atoms with Crippen LogP contribution in [-0.2, 0) is 16.2 Å². The summed E-state index contributed by atoms with van der Waals surface area (Å²) in [5.74, 6) is -0.660. The standard InChI is InChI=1S/C9H10F3N3O2S/c1-18(16,17)15-7-3-2-5(9(10,11)12)4-6(7)8(13)14/h2-4,15H,1H3,(H3,13,14). The Kier molecular flexibility index (Phi) is 3.56. The molecule has 0 atom stereocenters. The van der Waals surface area contributed by atoms with Crippen molar-refractivity contribution >= 4 is 21.5 Å². The van der Waals surface area contributed by atoms with Crippen LogP contribution in [0.1, 0.15) is 11.1 Å². The van der Waals surface area contributed by atoms with Gasteiger partial charge in [0, 0.05) is 5.56 Å². The first kappa shape index (κ1) is 14.3. The topological polar surface area (TPSA) is 96.0 Å². The van der Waals surface area contributed by atoms with Crippen molar-refractivity contribution in [3.05, 3.63) is 29.3 Å². The van der Waals surface area contributed by atoms with Crippen molar-refractivity contribution in [2.24, 2.45) is 5.73 Å². The smallest absolute Gasteiger partial charge is 0.384 e. The maximum atomic E-state index is 12.5. The van der Waals surface area contributed by atoms with Gasteiger partial charge in [0.2, 0.25) is 10.0 Å². The van der Waals surface area contributed by atoms with Gasteiger partial charge >= 0.3 is 6.18 Å². The highest BCUT2D eigenvalue weighted by molar-refractivity contribution is 7.92. The van der Waals surface area contributed by atoms with Gasteiger partial charge in [0.15, 0.2) is 0 Å². The highest BCUT2D eigenvalue weighted by Crippen LogP contribution is 2.31. The van der Waals surface area contributed by atoms with Crippen molar-refractivity contribution in [3.63, 3.8) is 0 Å². The predicted octanol–water partition coefficient (Wildman–Crippen LogP) is 1.36. The van der Waals surface area contributed by atoms with Gasteiger partial charge in [0.25, 0.3) is 0 Å². The molecule has 0 saturated heterocycles. The normalized spacial score (nSPS) is 12.2. The van der Waals surface area contributed by atoms with Crippen LogP contribution in [0.4, 0.5) is 18.9 Å². The number of nitrogens with one attached hydrogen (secondary N) is 2. The first-order chi connectivity index (χ1) is 8.00. The molecule has 0 heterocycles.